The fourth-order valence-corrected chi connectivity index (χ4v) is 4.11. The van der Waals surface area contributed by atoms with Crippen molar-refractivity contribution in [3.05, 3.63) is 53.1 Å². The molecule has 1 aliphatic rings. The summed E-state index contributed by atoms with van der Waals surface area (Å²) in [6.45, 7) is 11.2. The van der Waals surface area contributed by atoms with Crippen molar-refractivity contribution in [1.29, 1.82) is 0 Å². The van der Waals surface area contributed by atoms with Crippen LogP contribution in [0.5, 0.6) is 5.75 Å². The normalized spacial score (nSPS) is 17.2. The Morgan fingerprint density at radius 1 is 1.07 bits per heavy atom. The molecule has 0 unspecified atom stereocenters. The number of allylic oxidation sites excluding steroid dienone is 5. The van der Waals surface area contributed by atoms with Crippen molar-refractivity contribution in [2.75, 3.05) is 25.1 Å². The molecule has 2 rings (SSSR count). The fraction of sp³-hybridized carbons (Fsp3) is 0.519. The highest BCUT2D eigenvalue weighted by Gasteiger charge is 2.24. The second-order valence-electron chi connectivity index (χ2n) is 9.07. The Bertz CT molecular complexity index is 778. The lowest BCUT2D eigenvalue weighted by atomic mass is 9.75. The Hall–Kier alpha value is -2.29. The van der Waals surface area contributed by atoms with Crippen LogP contribution >= 0.6 is 0 Å². The number of rotatable bonds is 11. The van der Waals surface area contributed by atoms with E-state index in [1.54, 1.807) is 13.2 Å². The molecule has 0 saturated carbocycles. The average Bonchev–Trinajstić information content (AvgIpc) is 2.71. The predicted octanol–water partition coefficient (Wildman–Crippen LogP) is 6.99. The summed E-state index contributed by atoms with van der Waals surface area (Å²) in [5.41, 5.74) is 4.83. The SMILES string of the molecule is CCCCN(CCCC)c1ccc(C=CC2=CC(=CC=O)CC(C)(C)C2)c(OC)c1. The van der Waals surface area contributed by atoms with Gasteiger partial charge >= 0.3 is 0 Å². The highest BCUT2D eigenvalue weighted by molar-refractivity contribution is 5.69. The topological polar surface area (TPSA) is 29.5 Å². The number of methoxy groups -OCH3 is 1. The van der Waals surface area contributed by atoms with E-state index in [0.29, 0.717) is 0 Å². The van der Waals surface area contributed by atoms with E-state index in [1.165, 1.54) is 36.9 Å². The van der Waals surface area contributed by atoms with E-state index in [9.17, 15) is 4.79 Å². The van der Waals surface area contributed by atoms with Gasteiger partial charge in [0.15, 0.2) is 0 Å². The number of benzene rings is 1. The summed E-state index contributed by atoms with van der Waals surface area (Å²) in [6.07, 6.45) is 15.8. The van der Waals surface area contributed by atoms with Gasteiger partial charge in [-0.05, 0) is 60.5 Å². The molecule has 1 aromatic rings. The van der Waals surface area contributed by atoms with Crippen LogP contribution in [-0.2, 0) is 4.79 Å². The van der Waals surface area contributed by atoms with Gasteiger partial charge in [0, 0.05) is 30.4 Å². The Morgan fingerprint density at radius 2 is 1.77 bits per heavy atom. The number of carbonyl (C=O) groups excluding carboxylic acids is 1. The van der Waals surface area contributed by atoms with Gasteiger partial charge in [-0.15, -0.1) is 0 Å². The van der Waals surface area contributed by atoms with Gasteiger partial charge in [-0.1, -0.05) is 58.8 Å². The molecule has 0 fully saturated rings. The summed E-state index contributed by atoms with van der Waals surface area (Å²) in [6, 6.07) is 6.54. The van der Waals surface area contributed by atoms with Crippen molar-refractivity contribution in [3.63, 3.8) is 0 Å². The van der Waals surface area contributed by atoms with Crippen LogP contribution in [-0.4, -0.2) is 26.5 Å². The van der Waals surface area contributed by atoms with Crippen LogP contribution in [0.1, 0.15) is 71.8 Å². The third kappa shape index (κ3) is 7.19. The number of nitrogens with zero attached hydrogens (tertiary/aromatic N) is 1. The second kappa shape index (κ2) is 11.8. The van der Waals surface area contributed by atoms with Crippen LogP contribution in [0.25, 0.3) is 6.08 Å². The molecule has 0 radical (unpaired) electrons. The molecule has 1 aromatic carbocycles. The average molecular weight is 410 g/mol. The molecule has 3 heteroatoms. The summed E-state index contributed by atoms with van der Waals surface area (Å²) >= 11 is 0. The molecular weight excluding hydrogens is 370 g/mol. The van der Waals surface area contributed by atoms with Crippen LogP contribution < -0.4 is 9.64 Å². The van der Waals surface area contributed by atoms with Gasteiger partial charge in [0.1, 0.15) is 12.0 Å². The lowest BCUT2D eigenvalue weighted by Crippen LogP contribution is -2.25. The molecule has 0 bridgehead atoms. The monoisotopic (exact) mass is 409 g/mol. The summed E-state index contributed by atoms with van der Waals surface area (Å²) in [5.74, 6) is 0.904. The van der Waals surface area contributed by atoms with Crippen LogP contribution in [0.4, 0.5) is 5.69 Å². The van der Waals surface area contributed by atoms with Crippen molar-refractivity contribution in [1.82, 2.24) is 0 Å². The standard InChI is InChI=1S/C27H39NO2/c1-6-8-15-28(16-9-7-2)25-13-12-24(26(19-25)30-5)11-10-22-18-23(14-17-29)21-27(3,4)20-22/h10-14,17-19H,6-9,15-16,20-21H2,1-5H3. The summed E-state index contributed by atoms with van der Waals surface area (Å²) in [5, 5.41) is 0. The molecule has 0 aliphatic heterocycles. The zero-order valence-corrected chi connectivity index (χ0v) is 19.5. The minimum atomic E-state index is 0.163. The van der Waals surface area contributed by atoms with Crippen molar-refractivity contribution in [2.24, 2.45) is 5.41 Å². The largest absolute Gasteiger partial charge is 0.496 e. The van der Waals surface area contributed by atoms with Crippen LogP contribution in [0.2, 0.25) is 0 Å². The summed E-state index contributed by atoms with van der Waals surface area (Å²) < 4.78 is 5.73. The maximum absolute atomic E-state index is 10.9. The van der Waals surface area contributed by atoms with Crippen molar-refractivity contribution < 1.29 is 9.53 Å². The molecule has 1 aliphatic carbocycles. The molecule has 3 nitrogen and oxygen atoms in total. The van der Waals surface area contributed by atoms with Crippen molar-refractivity contribution in [3.8, 4) is 5.75 Å². The summed E-state index contributed by atoms with van der Waals surface area (Å²) in [7, 11) is 1.74. The van der Waals surface area contributed by atoms with Gasteiger partial charge in [-0.3, -0.25) is 4.79 Å². The fourth-order valence-electron chi connectivity index (χ4n) is 4.11. The van der Waals surface area contributed by atoms with Gasteiger partial charge < -0.3 is 9.64 Å². The van der Waals surface area contributed by atoms with Gasteiger partial charge in [0.05, 0.1) is 7.11 Å². The molecule has 164 valence electrons. The van der Waals surface area contributed by atoms with E-state index < -0.39 is 0 Å². The maximum Gasteiger partial charge on any atom is 0.143 e. The number of aldehydes is 1. The minimum absolute atomic E-state index is 0.163. The van der Waals surface area contributed by atoms with E-state index in [2.05, 4.69) is 69.0 Å². The van der Waals surface area contributed by atoms with E-state index in [4.69, 9.17) is 4.74 Å². The zero-order chi connectivity index (χ0) is 22.0. The van der Waals surface area contributed by atoms with Crippen molar-refractivity contribution in [2.45, 2.75) is 66.2 Å². The first kappa shape index (κ1) is 24.0. The van der Waals surface area contributed by atoms with E-state index in [0.717, 1.165) is 49.1 Å². The van der Waals surface area contributed by atoms with Gasteiger partial charge in [0.2, 0.25) is 0 Å². The molecule has 0 atom stereocenters. The van der Waals surface area contributed by atoms with E-state index >= 15 is 0 Å². The van der Waals surface area contributed by atoms with Crippen LogP contribution in [0, 0.1) is 5.41 Å². The Labute approximate surface area is 183 Å². The second-order valence-corrected chi connectivity index (χ2v) is 9.07. The molecule has 0 saturated heterocycles. The molecular formula is C27H39NO2. The third-order valence-corrected chi connectivity index (χ3v) is 5.64. The molecule has 0 amide bonds. The molecule has 30 heavy (non-hydrogen) atoms. The van der Waals surface area contributed by atoms with Crippen molar-refractivity contribution >= 4 is 18.0 Å². The van der Waals surface area contributed by atoms with Crippen LogP contribution in [0.3, 0.4) is 0 Å². The number of carbonyl (C=O) groups is 1. The Morgan fingerprint density at radius 3 is 2.37 bits per heavy atom. The van der Waals surface area contributed by atoms with Gasteiger partial charge in [0.25, 0.3) is 0 Å². The number of anilines is 1. The Balaban J connectivity index is 2.25. The first-order valence-electron chi connectivity index (χ1n) is 11.4. The predicted molar refractivity (Wildman–Crippen MR) is 129 cm³/mol. The van der Waals surface area contributed by atoms with E-state index in [-0.39, 0.29) is 5.41 Å². The minimum Gasteiger partial charge on any atom is -0.496 e. The summed E-state index contributed by atoms with van der Waals surface area (Å²) in [4.78, 5) is 13.4. The highest BCUT2D eigenvalue weighted by atomic mass is 16.5. The molecule has 0 aromatic heterocycles. The smallest absolute Gasteiger partial charge is 0.143 e. The van der Waals surface area contributed by atoms with Gasteiger partial charge in [-0.2, -0.15) is 0 Å². The zero-order valence-electron chi connectivity index (χ0n) is 19.5. The lowest BCUT2D eigenvalue weighted by molar-refractivity contribution is -0.104. The first-order chi connectivity index (χ1) is 14.4. The molecule has 0 N–H and O–H groups in total. The molecule has 0 heterocycles. The number of hydrogen-bond acceptors (Lipinski definition) is 3. The maximum atomic E-state index is 10.9. The van der Waals surface area contributed by atoms with Crippen LogP contribution in [0.15, 0.2) is 47.6 Å². The Kier molecular flexibility index (Phi) is 9.42. The van der Waals surface area contributed by atoms with Gasteiger partial charge in [-0.25, -0.2) is 0 Å². The quantitative estimate of drug-likeness (QED) is 0.291. The first-order valence-corrected chi connectivity index (χ1v) is 11.4. The number of unbranched alkanes of at least 4 members (excludes halogenated alkanes) is 2. The third-order valence-electron chi connectivity index (χ3n) is 5.64. The highest BCUT2D eigenvalue weighted by Crippen LogP contribution is 2.38. The lowest BCUT2D eigenvalue weighted by Gasteiger charge is -2.30. The number of ether oxygens (including phenoxy) is 1. The molecule has 0 spiro atoms. The van der Waals surface area contributed by atoms with E-state index in [1.807, 2.05) is 0 Å². The number of hydrogen-bond donors (Lipinski definition) is 0.